The van der Waals surface area contributed by atoms with E-state index in [0.29, 0.717) is 13.0 Å². The van der Waals surface area contributed by atoms with Gasteiger partial charge < -0.3 is 4.90 Å². The molecular weight excluding hydrogens is 176 g/mol. The van der Waals surface area contributed by atoms with Crippen LogP contribution in [0.1, 0.15) is 19.0 Å². The summed E-state index contributed by atoms with van der Waals surface area (Å²) in [6, 6.07) is 6.00. The molecule has 0 fully saturated rings. The third-order valence-electron chi connectivity index (χ3n) is 2.02. The summed E-state index contributed by atoms with van der Waals surface area (Å²) in [5.74, 6) is 0.817. The van der Waals surface area contributed by atoms with Crippen LogP contribution in [0.4, 0.5) is 5.82 Å². The normalized spacial score (nSPS) is 9.50. The average molecular weight is 190 g/mol. The number of nitriles is 1. The topological polar surface area (TPSA) is 52.8 Å². The molecule has 0 atom stereocenters. The highest BCUT2D eigenvalue weighted by molar-refractivity contribution is 5.36. The Labute approximate surface area is 84.2 Å². The lowest BCUT2D eigenvalue weighted by molar-refractivity contribution is 0.838. The summed E-state index contributed by atoms with van der Waals surface area (Å²) < 4.78 is 0. The van der Waals surface area contributed by atoms with Crippen LogP contribution in [0.2, 0.25) is 0 Å². The molecule has 1 aromatic heterocycles. The van der Waals surface area contributed by atoms with Crippen LogP contribution in [0.15, 0.2) is 12.1 Å². The second kappa shape index (κ2) is 5.18. The molecule has 14 heavy (non-hydrogen) atoms. The fourth-order valence-corrected chi connectivity index (χ4v) is 1.08. The molecule has 0 saturated heterocycles. The zero-order chi connectivity index (χ0) is 10.4. The zero-order valence-electron chi connectivity index (χ0n) is 8.56. The van der Waals surface area contributed by atoms with E-state index in [-0.39, 0.29) is 0 Å². The van der Waals surface area contributed by atoms with E-state index in [9.17, 15) is 0 Å². The summed E-state index contributed by atoms with van der Waals surface area (Å²) in [5, 5.41) is 16.6. The van der Waals surface area contributed by atoms with E-state index >= 15 is 0 Å². The maximum atomic E-state index is 8.43. The monoisotopic (exact) mass is 190 g/mol. The third kappa shape index (κ3) is 2.70. The quantitative estimate of drug-likeness (QED) is 0.720. The van der Waals surface area contributed by atoms with Crippen LogP contribution < -0.4 is 4.90 Å². The molecule has 1 heterocycles. The van der Waals surface area contributed by atoms with Crippen LogP contribution in [0.25, 0.3) is 0 Å². The Bertz CT molecular complexity index is 312. The van der Waals surface area contributed by atoms with Gasteiger partial charge in [0.1, 0.15) is 0 Å². The minimum atomic E-state index is 0.508. The number of anilines is 1. The Hall–Kier alpha value is -1.63. The van der Waals surface area contributed by atoms with Crippen molar-refractivity contribution in [2.75, 3.05) is 18.5 Å². The van der Waals surface area contributed by atoms with Gasteiger partial charge in [0.05, 0.1) is 18.2 Å². The SMILES string of the molecule is CCc1ccc(N(C)CCC#N)nn1. The molecule has 74 valence electrons. The van der Waals surface area contributed by atoms with Crippen molar-refractivity contribution in [3.8, 4) is 6.07 Å². The molecule has 0 radical (unpaired) electrons. The fraction of sp³-hybridized carbons (Fsp3) is 0.500. The van der Waals surface area contributed by atoms with Gasteiger partial charge in [0.15, 0.2) is 5.82 Å². The molecule has 0 aliphatic carbocycles. The Morgan fingerprint density at radius 2 is 2.21 bits per heavy atom. The van der Waals surface area contributed by atoms with Gasteiger partial charge in [0, 0.05) is 13.6 Å². The van der Waals surface area contributed by atoms with E-state index in [4.69, 9.17) is 5.26 Å². The molecule has 0 aliphatic rings. The van der Waals surface area contributed by atoms with E-state index in [1.54, 1.807) is 0 Å². The standard InChI is InChI=1S/C10H14N4/c1-3-9-5-6-10(13-12-9)14(2)8-4-7-11/h5-6H,3-4,8H2,1-2H3. The molecule has 1 aromatic rings. The highest BCUT2D eigenvalue weighted by atomic mass is 15.2. The van der Waals surface area contributed by atoms with Gasteiger partial charge in [-0.3, -0.25) is 0 Å². The largest absolute Gasteiger partial charge is 0.357 e. The van der Waals surface area contributed by atoms with Gasteiger partial charge >= 0.3 is 0 Å². The molecule has 0 unspecified atom stereocenters. The molecule has 0 amide bonds. The lowest BCUT2D eigenvalue weighted by atomic mass is 10.3. The Balaban J connectivity index is 2.62. The molecule has 1 rings (SSSR count). The molecule has 0 bridgehead atoms. The van der Waals surface area contributed by atoms with Crippen molar-refractivity contribution < 1.29 is 0 Å². The highest BCUT2D eigenvalue weighted by Crippen LogP contribution is 2.07. The molecule has 0 saturated carbocycles. The predicted octanol–water partition coefficient (Wildman–Crippen LogP) is 1.39. The van der Waals surface area contributed by atoms with E-state index in [2.05, 4.69) is 16.3 Å². The first-order valence-corrected chi connectivity index (χ1v) is 4.68. The summed E-state index contributed by atoms with van der Waals surface area (Å²) in [7, 11) is 1.91. The van der Waals surface area contributed by atoms with Gasteiger partial charge in [-0.2, -0.15) is 10.4 Å². The van der Waals surface area contributed by atoms with Crippen LogP contribution >= 0.6 is 0 Å². The molecule has 0 spiro atoms. The lowest BCUT2D eigenvalue weighted by Gasteiger charge is -2.15. The minimum absolute atomic E-state index is 0.508. The van der Waals surface area contributed by atoms with E-state index in [0.717, 1.165) is 17.9 Å². The summed E-state index contributed by atoms with van der Waals surface area (Å²) in [6.07, 6.45) is 1.41. The van der Waals surface area contributed by atoms with Crippen molar-refractivity contribution in [3.05, 3.63) is 17.8 Å². The number of nitrogens with zero attached hydrogens (tertiary/aromatic N) is 4. The molecule has 4 nitrogen and oxygen atoms in total. The molecule has 4 heteroatoms. The van der Waals surface area contributed by atoms with Crippen LogP contribution in [0, 0.1) is 11.3 Å². The highest BCUT2D eigenvalue weighted by Gasteiger charge is 2.01. The van der Waals surface area contributed by atoms with Crippen molar-refractivity contribution in [1.29, 1.82) is 5.26 Å². The first-order chi connectivity index (χ1) is 6.77. The van der Waals surface area contributed by atoms with Crippen molar-refractivity contribution >= 4 is 5.82 Å². The second-order valence-electron chi connectivity index (χ2n) is 3.07. The van der Waals surface area contributed by atoms with Gasteiger partial charge in [0.2, 0.25) is 0 Å². The van der Waals surface area contributed by atoms with E-state index in [1.165, 1.54) is 0 Å². The van der Waals surface area contributed by atoms with Crippen molar-refractivity contribution in [2.24, 2.45) is 0 Å². The molecule has 0 aromatic carbocycles. The first-order valence-electron chi connectivity index (χ1n) is 4.68. The number of aryl methyl sites for hydroxylation is 1. The molecular formula is C10H14N4. The number of hydrogen-bond acceptors (Lipinski definition) is 4. The van der Waals surface area contributed by atoms with E-state index in [1.807, 2.05) is 31.0 Å². The van der Waals surface area contributed by atoms with Gasteiger partial charge in [-0.15, -0.1) is 5.10 Å². The number of aromatic nitrogens is 2. The van der Waals surface area contributed by atoms with Crippen molar-refractivity contribution in [2.45, 2.75) is 19.8 Å². The van der Waals surface area contributed by atoms with Crippen molar-refractivity contribution in [1.82, 2.24) is 10.2 Å². The van der Waals surface area contributed by atoms with Crippen molar-refractivity contribution in [3.63, 3.8) is 0 Å². The fourth-order valence-electron chi connectivity index (χ4n) is 1.08. The minimum Gasteiger partial charge on any atom is -0.357 e. The van der Waals surface area contributed by atoms with Gasteiger partial charge in [-0.05, 0) is 18.6 Å². The van der Waals surface area contributed by atoms with Crippen LogP contribution in [0.5, 0.6) is 0 Å². The summed E-state index contributed by atoms with van der Waals surface area (Å²) in [6.45, 7) is 2.74. The Kier molecular flexibility index (Phi) is 3.86. The van der Waals surface area contributed by atoms with Gasteiger partial charge in [-0.1, -0.05) is 6.92 Å². The van der Waals surface area contributed by atoms with Crippen LogP contribution in [-0.4, -0.2) is 23.8 Å². The summed E-state index contributed by atoms with van der Waals surface area (Å²) in [4.78, 5) is 1.93. The van der Waals surface area contributed by atoms with Crippen LogP contribution in [0.3, 0.4) is 0 Å². The van der Waals surface area contributed by atoms with Crippen LogP contribution in [-0.2, 0) is 6.42 Å². The summed E-state index contributed by atoms with van der Waals surface area (Å²) in [5.41, 5.74) is 0.988. The number of hydrogen-bond donors (Lipinski definition) is 0. The summed E-state index contributed by atoms with van der Waals surface area (Å²) >= 11 is 0. The molecule has 0 N–H and O–H groups in total. The smallest absolute Gasteiger partial charge is 0.151 e. The third-order valence-corrected chi connectivity index (χ3v) is 2.02. The number of rotatable bonds is 4. The first kappa shape index (κ1) is 10.5. The maximum Gasteiger partial charge on any atom is 0.151 e. The average Bonchev–Trinajstić information content (AvgIpc) is 2.26. The predicted molar refractivity (Wildman–Crippen MR) is 54.9 cm³/mol. The van der Waals surface area contributed by atoms with Gasteiger partial charge in [-0.25, -0.2) is 0 Å². The molecule has 0 aliphatic heterocycles. The zero-order valence-corrected chi connectivity index (χ0v) is 8.56. The maximum absolute atomic E-state index is 8.43. The Morgan fingerprint density at radius 3 is 2.71 bits per heavy atom. The van der Waals surface area contributed by atoms with Gasteiger partial charge in [0.25, 0.3) is 0 Å². The second-order valence-corrected chi connectivity index (χ2v) is 3.07. The van der Waals surface area contributed by atoms with E-state index < -0.39 is 0 Å². The Morgan fingerprint density at radius 1 is 1.43 bits per heavy atom. The lowest BCUT2D eigenvalue weighted by Crippen LogP contribution is -2.19.